The normalized spacial score (nSPS) is 11.3. The van der Waals surface area contributed by atoms with E-state index in [9.17, 15) is 18.0 Å². The average Bonchev–Trinajstić information content (AvgIpc) is 3.02. The van der Waals surface area contributed by atoms with Crippen LogP contribution in [0, 0.1) is 20.8 Å². The van der Waals surface area contributed by atoms with E-state index in [4.69, 9.17) is 8.92 Å². The van der Waals surface area contributed by atoms with Crippen LogP contribution < -0.4 is 9.06 Å². The van der Waals surface area contributed by atoms with Gasteiger partial charge in [-0.25, -0.2) is 4.79 Å². The summed E-state index contributed by atoms with van der Waals surface area (Å²) >= 11 is 1.10. The highest BCUT2D eigenvalue weighted by molar-refractivity contribution is 7.87. The third kappa shape index (κ3) is 4.98. The molecule has 30 heavy (non-hydrogen) atoms. The first-order valence-corrected chi connectivity index (χ1v) is 11.4. The van der Waals surface area contributed by atoms with Gasteiger partial charge in [-0.15, -0.1) is 0 Å². The van der Waals surface area contributed by atoms with Crippen molar-refractivity contribution in [1.82, 2.24) is 4.57 Å². The second kappa shape index (κ2) is 8.85. The molecular formula is C21H21NO6S2. The van der Waals surface area contributed by atoms with Gasteiger partial charge in [0.1, 0.15) is 17.3 Å². The number of nitrogens with zero attached hydrogens (tertiary/aromatic N) is 1. The molecule has 0 fully saturated rings. The van der Waals surface area contributed by atoms with Crippen LogP contribution in [0.3, 0.4) is 0 Å². The quantitative estimate of drug-likeness (QED) is 0.407. The Labute approximate surface area is 178 Å². The molecule has 3 rings (SSSR count). The van der Waals surface area contributed by atoms with E-state index in [2.05, 4.69) is 0 Å². The van der Waals surface area contributed by atoms with E-state index in [0.717, 1.165) is 22.6 Å². The zero-order valence-electron chi connectivity index (χ0n) is 16.7. The standard InChI is InChI=1S/C21H21NO6S2/c1-14-4-5-15(2)19(12-14)30(25,26)28-18-8-6-17(7-9-18)20(23)27-11-10-22-16(3)13-29-21(22)24/h4-9,12-13H,10-11H2,1-3H3. The van der Waals surface area contributed by atoms with Crippen LogP contribution in [-0.2, 0) is 21.4 Å². The largest absolute Gasteiger partial charge is 0.460 e. The molecule has 0 bridgehead atoms. The maximum Gasteiger partial charge on any atom is 0.339 e. The van der Waals surface area contributed by atoms with Crippen molar-refractivity contribution in [2.24, 2.45) is 0 Å². The van der Waals surface area contributed by atoms with Crippen LogP contribution in [0.5, 0.6) is 5.75 Å². The SMILES string of the molecule is Cc1ccc(C)c(S(=O)(=O)Oc2ccc(C(=O)OCCn3c(C)csc3=O)cc2)c1. The van der Waals surface area contributed by atoms with Gasteiger partial charge in [-0.3, -0.25) is 9.36 Å². The molecule has 0 aliphatic carbocycles. The summed E-state index contributed by atoms with van der Waals surface area (Å²) < 4.78 is 37.1. The number of aryl methyl sites for hydroxylation is 3. The van der Waals surface area contributed by atoms with Crippen molar-refractivity contribution in [3.8, 4) is 5.75 Å². The summed E-state index contributed by atoms with van der Waals surface area (Å²) in [5.74, 6) is -0.479. The van der Waals surface area contributed by atoms with Crippen molar-refractivity contribution in [1.29, 1.82) is 0 Å². The fourth-order valence-electron chi connectivity index (χ4n) is 2.78. The molecular weight excluding hydrogens is 426 g/mol. The Morgan fingerprint density at radius 2 is 1.77 bits per heavy atom. The molecule has 9 heteroatoms. The fourth-order valence-corrected chi connectivity index (χ4v) is 4.79. The van der Waals surface area contributed by atoms with Gasteiger partial charge in [0.2, 0.25) is 0 Å². The predicted octanol–water partition coefficient (Wildman–Crippen LogP) is 3.46. The van der Waals surface area contributed by atoms with E-state index in [-0.39, 0.29) is 34.2 Å². The van der Waals surface area contributed by atoms with E-state index in [0.29, 0.717) is 5.56 Å². The van der Waals surface area contributed by atoms with Gasteiger partial charge >= 0.3 is 21.0 Å². The van der Waals surface area contributed by atoms with Crippen LogP contribution in [0.25, 0.3) is 0 Å². The number of rotatable bonds is 7. The summed E-state index contributed by atoms with van der Waals surface area (Å²) in [7, 11) is -3.99. The first-order chi connectivity index (χ1) is 14.2. The zero-order valence-corrected chi connectivity index (χ0v) is 18.4. The van der Waals surface area contributed by atoms with Crippen molar-refractivity contribution < 1.29 is 22.1 Å². The van der Waals surface area contributed by atoms with Crippen LogP contribution in [0.4, 0.5) is 0 Å². The van der Waals surface area contributed by atoms with Crippen LogP contribution >= 0.6 is 11.3 Å². The summed E-state index contributed by atoms with van der Waals surface area (Å²) in [6.45, 7) is 5.63. The van der Waals surface area contributed by atoms with Crippen LogP contribution in [0.2, 0.25) is 0 Å². The minimum absolute atomic E-state index is 0.0512. The smallest absolute Gasteiger partial charge is 0.339 e. The molecule has 0 amide bonds. The highest BCUT2D eigenvalue weighted by Gasteiger charge is 2.20. The Morgan fingerprint density at radius 1 is 1.07 bits per heavy atom. The first kappa shape index (κ1) is 21.8. The lowest BCUT2D eigenvalue weighted by Crippen LogP contribution is -2.19. The average molecular weight is 448 g/mol. The zero-order chi connectivity index (χ0) is 21.9. The monoisotopic (exact) mass is 447 g/mol. The molecule has 0 saturated heterocycles. The Kier molecular flexibility index (Phi) is 6.42. The molecule has 0 radical (unpaired) electrons. The fraction of sp³-hybridized carbons (Fsp3) is 0.238. The topological polar surface area (TPSA) is 91.7 Å². The highest BCUT2D eigenvalue weighted by atomic mass is 32.2. The number of ether oxygens (including phenoxy) is 1. The molecule has 0 atom stereocenters. The number of hydrogen-bond donors (Lipinski definition) is 0. The Hall–Kier alpha value is -2.91. The molecule has 7 nitrogen and oxygen atoms in total. The molecule has 0 spiro atoms. The maximum absolute atomic E-state index is 12.6. The predicted molar refractivity (Wildman–Crippen MR) is 114 cm³/mol. The van der Waals surface area contributed by atoms with Gasteiger partial charge in [-0.05, 0) is 62.2 Å². The third-order valence-electron chi connectivity index (χ3n) is 4.43. The Bertz CT molecular complexity index is 1220. The molecule has 0 unspecified atom stereocenters. The van der Waals surface area contributed by atoms with Gasteiger partial charge in [0.05, 0.1) is 12.1 Å². The van der Waals surface area contributed by atoms with Crippen LogP contribution in [0.1, 0.15) is 27.2 Å². The number of hydrogen-bond acceptors (Lipinski definition) is 7. The number of carbonyl (C=O) groups is 1. The molecule has 0 saturated carbocycles. The van der Waals surface area contributed by atoms with Crippen molar-refractivity contribution in [2.45, 2.75) is 32.2 Å². The lowest BCUT2D eigenvalue weighted by molar-refractivity contribution is 0.0490. The maximum atomic E-state index is 12.6. The summed E-state index contributed by atoms with van der Waals surface area (Å²) in [5, 5.41) is 1.75. The summed E-state index contributed by atoms with van der Waals surface area (Å²) in [6.07, 6.45) is 0. The minimum atomic E-state index is -3.99. The third-order valence-corrected chi connectivity index (χ3v) is 6.70. The molecule has 0 N–H and O–H groups in total. The number of esters is 1. The van der Waals surface area contributed by atoms with Crippen molar-refractivity contribution in [3.05, 3.63) is 79.9 Å². The minimum Gasteiger partial charge on any atom is -0.460 e. The van der Waals surface area contributed by atoms with Gasteiger partial charge in [0.15, 0.2) is 0 Å². The number of thiazole rings is 1. The molecule has 1 heterocycles. The second-order valence-electron chi connectivity index (χ2n) is 6.76. The molecule has 2 aromatic carbocycles. The lowest BCUT2D eigenvalue weighted by Gasteiger charge is -2.11. The van der Waals surface area contributed by atoms with Crippen LogP contribution in [-0.4, -0.2) is 25.6 Å². The van der Waals surface area contributed by atoms with E-state index in [1.54, 1.807) is 31.4 Å². The number of carbonyl (C=O) groups excluding carboxylic acids is 1. The summed E-state index contributed by atoms with van der Waals surface area (Å²) in [6, 6.07) is 10.7. The second-order valence-corrected chi connectivity index (χ2v) is 9.10. The van der Waals surface area contributed by atoms with Gasteiger partial charge in [-0.1, -0.05) is 23.5 Å². The van der Waals surface area contributed by atoms with Gasteiger partial charge < -0.3 is 8.92 Å². The molecule has 158 valence electrons. The Morgan fingerprint density at radius 3 is 2.40 bits per heavy atom. The van der Waals surface area contributed by atoms with E-state index < -0.39 is 16.1 Å². The van der Waals surface area contributed by atoms with Crippen molar-refractivity contribution in [2.75, 3.05) is 6.61 Å². The molecule has 0 aliphatic rings. The summed E-state index contributed by atoms with van der Waals surface area (Å²) in [5.41, 5.74) is 2.45. The summed E-state index contributed by atoms with van der Waals surface area (Å²) in [4.78, 5) is 23.8. The van der Waals surface area contributed by atoms with Gasteiger partial charge in [0.25, 0.3) is 0 Å². The molecule has 0 aliphatic heterocycles. The molecule has 3 aromatic rings. The Balaban J connectivity index is 1.63. The van der Waals surface area contributed by atoms with Gasteiger partial charge in [0, 0.05) is 11.1 Å². The van der Waals surface area contributed by atoms with E-state index in [1.807, 2.05) is 13.0 Å². The highest BCUT2D eigenvalue weighted by Crippen LogP contribution is 2.23. The molecule has 1 aromatic heterocycles. The lowest BCUT2D eigenvalue weighted by atomic mass is 10.2. The van der Waals surface area contributed by atoms with E-state index >= 15 is 0 Å². The van der Waals surface area contributed by atoms with Crippen molar-refractivity contribution in [3.63, 3.8) is 0 Å². The van der Waals surface area contributed by atoms with Crippen LogP contribution in [0.15, 0.2) is 57.5 Å². The van der Waals surface area contributed by atoms with Crippen molar-refractivity contribution >= 4 is 27.4 Å². The number of benzene rings is 2. The van der Waals surface area contributed by atoms with E-state index in [1.165, 1.54) is 28.8 Å². The van der Waals surface area contributed by atoms with Gasteiger partial charge in [-0.2, -0.15) is 8.42 Å². The number of aromatic nitrogens is 1. The first-order valence-electron chi connectivity index (χ1n) is 9.11.